The predicted molar refractivity (Wildman–Crippen MR) is 71.3 cm³/mol. The Kier molecular flexibility index (Phi) is 4.83. The number of ether oxygens (including phenoxy) is 1. The monoisotopic (exact) mass is 240 g/mol. The van der Waals surface area contributed by atoms with Crippen molar-refractivity contribution in [2.75, 3.05) is 39.9 Å². The molecule has 0 atom stereocenters. The maximum Gasteiger partial charge on any atom is 0.0472 e. The van der Waals surface area contributed by atoms with Crippen molar-refractivity contribution in [2.45, 2.75) is 45.1 Å². The Hall–Kier alpha value is -0.120. The van der Waals surface area contributed by atoms with Crippen LogP contribution in [0.15, 0.2) is 0 Å². The fraction of sp³-hybridized carbons (Fsp3) is 1.00. The Balaban J connectivity index is 1.85. The van der Waals surface area contributed by atoms with Gasteiger partial charge in [-0.3, -0.25) is 0 Å². The van der Waals surface area contributed by atoms with Gasteiger partial charge in [0.05, 0.1) is 0 Å². The molecular formula is C14H28N2O. The zero-order valence-corrected chi connectivity index (χ0v) is 11.5. The van der Waals surface area contributed by atoms with Gasteiger partial charge in [0, 0.05) is 32.3 Å². The van der Waals surface area contributed by atoms with Gasteiger partial charge in [0.15, 0.2) is 0 Å². The van der Waals surface area contributed by atoms with Crippen LogP contribution in [-0.2, 0) is 4.74 Å². The molecule has 0 spiro atoms. The molecule has 0 radical (unpaired) electrons. The molecule has 0 unspecified atom stereocenters. The molecule has 3 nitrogen and oxygen atoms in total. The lowest BCUT2D eigenvalue weighted by Crippen LogP contribution is -2.47. The lowest BCUT2D eigenvalue weighted by Gasteiger charge is -2.40. The summed E-state index contributed by atoms with van der Waals surface area (Å²) in [5.74, 6) is 0. The van der Waals surface area contributed by atoms with Crippen LogP contribution in [0.2, 0.25) is 0 Å². The van der Waals surface area contributed by atoms with Crippen LogP contribution in [0.4, 0.5) is 0 Å². The molecule has 1 N–H and O–H groups in total. The molecule has 0 bridgehead atoms. The summed E-state index contributed by atoms with van der Waals surface area (Å²) >= 11 is 0. The smallest absolute Gasteiger partial charge is 0.0472 e. The van der Waals surface area contributed by atoms with Gasteiger partial charge in [-0.15, -0.1) is 0 Å². The summed E-state index contributed by atoms with van der Waals surface area (Å²) in [5.41, 5.74) is 0.463. The molecule has 2 fully saturated rings. The van der Waals surface area contributed by atoms with Gasteiger partial charge in [-0.05, 0) is 51.1 Å². The molecule has 1 saturated carbocycles. The first-order valence-corrected chi connectivity index (χ1v) is 7.24. The lowest BCUT2D eigenvalue weighted by molar-refractivity contribution is -0.00160. The van der Waals surface area contributed by atoms with Gasteiger partial charge in [-0.25, -0.2) is 0 Å². The van der Waals surface area contributed by atoms with Crippen molar-refractivity contribution >= 4 is 0 Å². The normalized spacial score (nSPS) is 24.2. The van der Waals surface area contributed by atoms with Gasteiger partial charge in [0.2, 0.25) is 0 Å². The van der Waals surface area contributed by atoms with E-state index in [-0.39, 0.29) is 0 Å². The fourth-order valence-corrected chi connectivity index (χ4v) is 2.90. The quantitative estimate of drug-likeness (QED) is 0.688. The van der Waals surface area contributed by atoms with Crippen LogP contribution in [0.1, 0.15) is 39.0 Å². The molecule has 1 aliphatic heterocycles. The predicted octanol–water partition coefficient (Wildman–Crippen LogP) is 1.88. The first-order valence-electron chi connectivity index (χ1n) is 7.24. The number of nitrogens with zero attached hydrogens (tertiary/aromatic N) is 1. The van der Waals surface area contributed by atoms with E-state index in [1.54, 1.807) is 0 Å². The van der Waals surface area contributed by atoms with Gasteiger partial charge in [-0.1, -0.05) is 6.92 Å². The molecule has 0 aromatic rings. The molecule has 1 aliphatic carbocycles. The Morgan fingerprint density at radius 2 is 2.00 bits per heavy atom. The molecule has 100 valence electrons. The largest absolute Gasteiger partial charge is 0.381 e. The van der Waals surface area contributed by atoms with Crippen LogP contribution in [0.25, 0.3) is 0 Å². The minimum absolute atomic E-state index is 0.463. The second-order valence-electron chi connectivity index (χ2n) is 5.94. The lowest BCUT2D eigenvalue weighted by atomic mass is 9.79. The average molecular weight is 240 g/mol. The topological polar surface area (TPSA) is 24.5 Å². The molecule has 1 saturated heterocycles. The molecule has 17 heavy (non-hydrogen) atoms. The van der Waals surface area contributed by atoms with E-state index < -0.39 is 0 Å². The Morgan fingerprint density at radius 3 is 2.59 bits per heavy atom. The average Bonchev–Trinajstić information content (AvgIpc) is 3.14. The summed E-state index contributed by atoms with van der Waals surface area (Å²) in [5, 5.41) is 3.63. The van der Waals surface area contributed by atoms with E-state index in [0.717, 1.165) is 25.8 Å². The van der Waals surface area contributed by atoms with E-state index >= 15 is 0 Å². The number of nitrogens with one attached hydrogen (secondary N) is 1. The maximum atomic E-state index is 5.54. The maximum absolute atomic E-state index is 5.54. The zero-order valence-electron chi connectivity index (χ0n) is 11.5. The van der Waals surface area contributed by atoms with Crippen LogP contribution >= 0.6 is 0 Å². The van der Waals surface area contributed by atoms with Gasteiger partial charge in [0.25, 0.3) is 0 Å². The van der Waals surface area contributed by atoms with Crippen LogP contribution in [0.3, 0.4) is 0 Å². The second-order valence-corrected chi connectivity index (χ2v) is 5.94. The second kappa shape index (κ2) is 6.17. The first kappa shape index (κ1) is 13.3. The van der Waals surface area contributed by atoms with Crippen molar-refractivity contribution in [3.8, 4) is 0 Å². The van der Waals surface area contributed by atoms with Gasteiger partial charge >= 0.3 is 0 Å². The van der Waals surface area contributed by atoms with E-state index in [9.17, 15) is 0 Å². The number of hydrogen-bond acceptors (Lipinski definition) is 3. The van der Waals surface area contributed by atoms with Crippen LogP contribution < -0.4 is 5.32 Å². The van der Waals surface area contributed by atoms with E-state index in [2.05, 4.69) is 24.2 Å². The Labute approximate surface area is 106 Å². The SMILES string of the molecule is CCCNCC1(CN(C)C2CC2)CCOCC1. The fourth-order valence-electron chi connectivity index (χ4n) is 2.90. The van der Waals surface area contributed by atoms with Crippen molar-refractivity contribution < 1.29 is 4.74 Å². The summed E-state index contributed by atoms with van der Waals surface area (Å²) in [6, 6.07) is 0.876. The van der Waals surface area contributed by atoms with Crippen LogP contribution in [0, 0.1) is 5.41 Å². The number of hydrogen-bond donors (Lipinski definition) is 1. The summed E-state index contributed by atoms with van der Waals surface area (Å²) in [6.07, 6.45) is 6.49. The molecule has 0 aromatic carbocycles. The van der Waals surface area contributed by atoms with Crippen molar-refractivity contribution in [2.24, 2.45) is 5.41 Å². The highest BCUT2D eigenvalue weighted by atomic mass is 16.5. The van der Waals surface area contributed by atoms with Gasteiger partial charge in [0.1, 0.15) is 0 Å². The van der Waals surface area contributed by atoms with E-state index in [0.29, 0.717) is 5.41 Å². The van der Waals surface area contributed by atoms with Gasteiger partial charge in [-0.2, -0.15) is 0 Å². The molecular weight excluding hydrogens is 212 g/mol. The minimum Gasteiger partial charge on any atom is -0.381 e. The highest BCUT2D eigenvalue weighted by molar-refractivity contribution is 4.91. The standard InChI is InChI=1S/C14H28N2O/c1-3-8-15-11-14(6-9-17-10-7-14)12-16(2)13-4-5-13/h13,15H,3-12H2,1-2H3. The third kappa shape index (κ3) is 3.94. The Morgan fingerprint density at radius 1 is 1.29 bits per heavy atom. The zero-order chi connectivity index (χ0) is 12.1. The molecule has 1 heterocycles. The van der Waals surface area contributed by atoms with Crippen molar-refractivity contribution in [3.63, 3.8) is 0 Å². The summed E-state index contributed by atoms with van der Waals surface area (Å²) < 4.78 is 5.54. The molecule has 2 aliphatic rings. The van der Waals surface area contributed by atoms with E-state index in [1.165, 1.54) is 45.2 Å². The highest BCUT2D eigenvalue weighted by Gasteiger charge is 2.37. The molecule has 3 heteroatoms. The summed E-state index contributed by atoms with van der Waals surface area (Å²) in [4.78, 5) is 2.58. The molecule has 0 aromatic heterocycles. The first-order chi connectivity index (χ1) is 8.26. The van der Waals surface area contributed by atoms with Crippen LogP contribution in [-0.4, -0.2) is 50.8 Å². The summed E-state index contributed by atoms with van der Waals surface area (Å²) in [6.45, 7) is 7.70. The highest BCUT2D eigenvalue weighted by Crippen LogP contribution is 2.34. The van der Waals surface area contributed by atoms with Crippen LogP contribution in [0.5, 0.6) is 0 Å². The molecule has 2 rings (SSSR count). The van der Waals surface area contributed by atoms with E-state index in [1.807, 2.05) is 0 Å². The van der Waals surface area contributed by atoms with Gasteiger partial charge < -0.3 is 15.0 Å². The van der Waals surface area contributed by atoms with Crippen molar-refractivity contribution in [1.29, 1.82) is 0 Å². The third-order valence-electron chi connectivity index (χ3n) is 4.24. The summed E-state index contributed by atoms with van der Waals surface area (Å²) in [7, 11) is 2.30. The van der Waals surface area contributed by atoms with Crippen molar-refractivity contribution in [1.82, 2.24) is 10.2 Å². The minimum atomic E-state index is 0.463. The third-order valence-corrected chi connectivity index (χ3v) is 4.24. The Bertz CT molecular complexity index is 222. The number of rotatable bonds is 7. The van der Waals surface area contributed by atoms with E-state index in [4.69, 9.17) is 4.74 Å². The molecule has 0 amide bonds. The van der Waals surface area contributed by atoms with Crippen molar-refractivity contribution in [3.05, 3.63) is 0 Å².